The van der Waals surface area contributed by atoms with Crippen LogP contribution in [0.15, 0.2) is 65.7 Å². The third kappa shape index (κ3) is 3.37. The summed E-state index contributed by atoms with van der Waals surface area (Å²) in [6, 6.07) is 19.7. The maximum absolute atomic E-state index is 12.2. The second kappa shape index (κ2) is 6.84. The van der Waals surface area contributed by atoms with E-state index < -0.39 is 5.25 Å². The van der Waals surface area contributed by atoms with Crippen molar-refractivity contribution in [3.05, 3.63) is 71.8 Å². The Bertz CT molecular complexity index is 833. The molecule has 1 atom stereocenters. The summed E-state index contributed by atoms with van der Waals surface area (Å²) >= 11 is 1.42. The Morgan fingerprint density at radius 2 is 1.78 bits per heavy atom. The lowest BCUT2D eigenvalue weighted by atomic mass is 10.1. The van der Waals surface area contributed by atoms with E-state index >= 15 is 0 Å². The van der Waals surface area contributed by atoms with Crippen molar-refractivity contribution in [2.45, 2.75) is 17.2 Å². The van der Waals surface area contributed by atoms with Crippen LogP contribution in [0.2, 0.25) is 0 Å². The molecule has 0 aliphatic carbocycles. The van der Waals surface area contributed by atoms with Crippen molar-refractivity contribution in [1.82, 2.24) is 4.98 Å². The minimum absolute atomic E-state index is 0.270. The van der Waals surface area contributed by atoms with E-state index in [-0.39, 0.29) is 5.97 Å². The van der Waals surface area contributed by atoms with Gasteiger partial charge in [-0.2, -0.15) is 0 Å². The third-order valence-electron chi connectivity index (χ3n) is 3.66. The molecule has 1 aromatic heterocycles. The van der Waals surface area contributed by atoms with E-state index in [1.165, 1.54) is 18.9 Å². The fraction of sp³-hybridized carbons (Fsp3) is 0.158. The van der Waals surface area contributed by atoms with Gasteiger partial charge in [-0.25, -0.2) is 4.98 Å². The lowest BCUT2D eigenvalue weighted by Crippen LogP contribution is -2.11. The number of aromatic nitrogens is 1. The number of hydrogen-bond acceptors (Lipinski definition) is 4. The van der Waals surface area contributed by atoms with Crippen LogP contribution in [0, 0.1) is 6.92 Å². The van der Waals surface area contributed by atoms with Crippen LogP contribution >= 0.6 is 11.8 Å². The van der Waals surface area contributed by atoms with E-state index in [9.17, 15) is 4.79 Å². The first-order valence-corrected chi connectivity index (χ1v) is 8.23. The Morgan fingerprint density at radius 3 is 2.52 bits per heavy atom. The molecule has 1 heterocycles. The Labute approximate surface area is 139 Å². The molecule has 1 unspecified atom stereocenters. The molecule has 2 aromatic carbocycles. The number of hydrogen-bond donors (Lipinski definition) is 0. The molecule has 0 spiro atoms. The average Bonchev–Trinajstić information content (AvgIpc) is 2.60. The zero-order valence-corrected chi connectivity index (χ0v) is 13.8. The molecular weight excluding hydrogens is 306 g/mol. The first-order valence-electron chi connectivity index (χ1n) is 7.35. The summed E-state index contributed by atoms with van der Waals surface area (Å²) in [5.41, 5.74) is 3.00. The molecule has 4 heteroatoms. The second-order valence-electron chi connectivity index (χ2n) is 5.23. The Morgan fingerprint density at radius 1 is 1.09 bits per heavy atom. The lowest BCUT2D eigenvalue weighted by molar-refractivity contribution is -0.140. The second-order valence-corrected chi connectivity index (χ2v) is 6.35. The van der Waals surface area contributed by atoms with Crippen molar-refractivity contribution >= 4 is 28.6 Å². The van der Waals surface area contributed by atoms with Gasteiger partial charge in [-0.1, -0.05) is 60.3 Å². The van der Waals surface area contributed by atoms with Gasteiger partial charge in [0.25, 0.3) is 0 Å². The molecule has 0 bridgehead atoms. The number of pyridine rings is 1. The van der Waals surface area contributed by atoms with Crippen LogP contribution in [0.5, 0.6) is 0 Å². The molecule has 0 fully saturated rings. The van der Waals surface area contributed by atoms with Gasteiger partial charge in [-0.15, -0.1) is 0 Å². The SMILES string of the molecule is COC(=O)C(Sc1cc(C)c2ccccc2n1)c1ccccc1. The van der Waals surface area contributed by atoms with Gasteiger partial charge in [0, 0.05) is 5.39 Å². The number of methoxy groups -OCH3 is 1. The molecule has 3 rings (SSSR count). The van der Waals surface area contributed by atoms with Gasteiger partial charge in [0.15, 0.2) is 0 Å². The van der Waals surface area contributed by atoms with Crippen molar-refractivity contribution in [2.75, 3.05) is 7.11 Å². The Balaban J connectivity index is 1.99. The van der Waals surface area contributed by atoms with Gasteiger partial charge >= 0.3 is 5.97 Å². The number of esters is 1. The molecule has 0 amide bonds. The number of para-hydroxylation sites is 1. The van der Waals surface area contributed by atoms with Gasteiger partial charge in [0.2, 0.25) is 0 Å². The van der Waals surface area contributed by atoms with Crippen LogP contribution in [0.25, 0.3) is 10.9 Å². The van der Waals surface area contributed by atoms with Gasteiger partial charge < -0.3 is 4.74 Å². The van der Waals surface area contributed by atoms with Gasteiger partial charge in [0.05, 0.1) is 17.7 Å². The number of nitrogens with zero attached hydrogens (tertiary/aromatic N) is 1. The van der Waals surface area contributed by atoms with E-state index in [0.29, 0.717) is 0 Å². The molecule has 0 aliphatic rings. The van der Waals surface area contributed by atoms with Gasteiger partial charge in [-0.3, -0.25) is 4.79 Å². The molecule has 0 saturated heterocycles. The molecule has 0 saturated carbocycles. The molecule has 0 radical (unpaired) electrons. The van der Waals surface area contributed by atoms with Crippen LogP contribution in [0.3, 0.4) is 0 Å². The van der Waals surface area contributed by atoms with Crippen molar-refractivity contribution in [2.24, 2.45) is 0 Å². The van der Waals surface area contributed by atoms with Crippen LogP contribution in [0.4, 0.5) is 0 Å². The quantitative estimate of drug-likeness (QED) is 0.521. The number of fused-ring (bicyclic) bond motifs is 1. The molecular formula is C19H17NO2S. The zero-order valence-electron chi connectivity index (χ0n) is 13.0. The average molecular weight is 323 g/mol. The number of benzene rings is 2. The number of carbonyl (C=O) groups excluding carboxylic acids is 1. The summed E-state index contributed by atoms with van der Waals surface area (Å²) in [4.78, 5) is 16.9. The smallest absolute Gasteiger partial charge is 0.323 e. The predicted molar refractivity (Wildman–Crippen MR) is 93.5 cm³/mol. The van der Waals surface area contributed by atoms with E-state index in [4.69, 9.17) is 4.74 Å². The van der Waals surface area contributed by atoms with E-state index in [0.717, 1.165) is 27.1 Å². The highest BCUT2D eigenvalue weighted by atomic mass is 32.2. The predicted octanol–water partition coefficient (Wildman–Crippen LogP) is 4.55. The number of rotatable bonds is 4. The molecule has 116 valence electrons. The van der Waals surface area contributed by atoms with E-state index in [1.54, 1.807) is 0 Å². The normalized spacial score (nSPS) is 12.1. The van der Waals surface area contributed by atoms with Crippen molar-refractivity contribution in [3.63, 3.8) is 0 Å². The molecule has 0 aliphatic heterocycles. The van der Waals surface area contributed by atoms with E-state index in [1.807, 2.05) is 54.6 Å². The maximum Gasteiger partial charge on any atom is 0.323 e. The van der Waals surface area contributed by atoms with Crippen molar-refractivity contribution in [1.29, 1.82) is 0 Å². The Kier molecular flexibility index (Phi) is 4.63. The number of ether oxygens (including phenoxy) is 1. The lowest BCUT2D eigenvalue weighted by Gasteiger charge is -2.15. The summed E-state index contributed by atoms with van der Waals surface area (Å²) in [5.74, 6) is -0.270. The summed E-state index contributed by atoms with van der Waals surface area (Å²) in [6.45, 7) is 2.06. The zero-order chi connectivity index (χ0) is 16.2. The highest BCUT2D eigenvalue weighted by Gasteiger charge is 2.23. The first-order chi connectivity index (χ1) is 11.2. The summed E-state index contributed by atoms with van der Waals surface area (Å²) < 4.78 is 4.97. The van der Waals surface area contributed by atoms with Crippen LogP contribution in [-0.4, -0.2) is 18.1 Å². The first kappa shape index (κ1) is 15.6. The summed E-state index contributed by atoms with van der Waals surface area (Å²) in [6.07, 6.45) is 0. The van der Waals surface area contributed by atoms with Crippen LogP contribution in [-0.2, 0) is 9.53 Å². The molecule has 0 N–H and O–H groups in total. The number of aryl methyl sites for hydroxylation is 1. The maximum atomic E-state index is 12.2. The fourth-order valence-corrected chi connectivity index (χ4v) is 3.61. The summed E-state index contributed by atoms with van der Waals surface area (Å²) in [7, 11) is 1.41. The van der Waals surface area contributed by atoms with Crippen molar-refractivity contribution < 1.29 is 9.53 Å². The topological polar surface area (TPSA) is 39.2 Å². The summed E-state index contributed by atoms with van der Waals surface area (Å²) in [5, 5.41) is 1.53. The van der Waals surface area contributed by atoms with Gasteiger partial charge in [-0.05, 0) is 30.2 Å². The molecule has 23 heavy (non-hydrogen) atoms. The number of carbonyl (C=O) groups is 1. The largest absolute Gasteiger partial charge is 0.468 e. The number of thioether (sulfide) groups is 1. The minimum Gasteiger partial charge on any atom is -0.468 e. The molecule has 3 nitrogen and oxygen atoms in total. The van der Waals surface area contributed by atoms with E-state index in [2.05, 4.69) is 18.0 Å². The Hall–Kier alpha value is -2.33. The molecule has 3 aromatic rings. The standard InChI is InChI=1S/C19H17NO2S/c1-13-12-17(20-16-11-7-6-10-15(13)16)23-18(19(21)22-2)14-8-4-3-5-9-14/h3-12,18H,1-2H3. The van der Waals surface area contributed by atoms with Crippen LogP contribution < -0.4 is 0 Å². The minimum atomic E-state index is -0.422. The van der Waals surface area contributed by atoms with Crippen LogP contribution in [0.1, 0.15) is 16.4 Å². The highest BCUT2D eigenvalue weighted by molar-refractivity contribution is 8.00. The van der Waals surface area contributed by atoms with Crippen molar-refractivity contribution in [3.8, 4) is 0 Å². The highest BCUT2D eigenvalue weighted by Crippen LogP contribution is 2.36. The fourth-order valence-electron chi connectivity index (χ4n) is 2.49. The van der Waals surface area contributed by atoms with Gasteiger partial charge in [0.1, 0.15) is 5.25 Å². The third-order valence-corrected chi connectivity index (χ3v) is 4.81. The monoisotopic (exact) mass is 323 g/mol.